The summed E-state index contributed by atoms with van der Waals surface area (Å²) in [5, 5.41) is 2.97. The predicted molar refractivity (Wildman–Crippen MR) is 117 cm³/mol. The van der Waals surface area contributed by atoms with Gasteiger partial charge in [0.1, 0.15) is 0 Å². The van der Waals surface area contributed by atoms with Gasteiger partial charge in [0.2, 0.25) is 5.12 Å². The SMILES string of the molecule is CC(C)(C)c1ccc2c(c1)o[p+](=O)c1c(C(C)(C)C)cc(C(C)(C)C)cc21. The molecule has 2 aromatic carbocycles. The third-order valence-electron chi connectivity index (χ3n) is 5.29. The molecule has 144 valence electrons. The second-order valence-corrected chi connectivity index (χ2v) is 11.9. The molecule has 1 heterocycles. The molecule has 0 aliphatic heterocycles. The average Bonchev–Trinajstić information content (AvgIpc) is 2.50. The quantitative estimate of drug-likeness (QED) is 0.366. The first-order chi connectivity index (χ1) is 12.2. The largest absolute Gasteiger partial charge is 0.598 e. The van der Waals surface area contributed by atoms with Crippen LogP contribution in [0.3, 0.4) is 0 Å². The summed E-state index contributed by atoms with van der Waals surface area (Å²) in [7, 11) is -1.93. The molecule has 1 atom stereocenters. The van der Waals surface area contributed by atoms with E-state index in [4.69, 9.17) is 4.20 Å². The molecule has 0 saturated heterocycles. The maximum absolute atomic E-state index is 13.2. The van der Waals surface area contributed by atoms with Gasteiger partial charge in [-0.05, 0) is 50.1 Å². The third kappa shape index (κ3) is 3.69. The maximum atomic E-state index is 13.2. The molecule has 0 aliphatic carbocycles. The van der Waals surface area contributed by atoms with E-state index in [2.05, 4.69) is 92.6 Å². The summed E-state index contributed by atoms with van der Waals surface area (Å²) in [4.78, 5) is 0. The van der Waals surface area contributed by atoms with Gasteiger partial charge >= 0.3 is 7.65 Å². The minimum absolute atomic E-state index is 0.0183. The van der Waals surface area contributed by atoms with Crippen LogP contribution in [0.25, 0.3) is 21.5 Å². The van der Waals surface area contributed by atoms with E-state index in [9.17, 15) is 4.57 Å². The molecule has 0 radical (unpaired) electrons. The lowest BCUT2D eigenvalue weighted by molar-refractivity contribution is 0.557. The minimum Gasteiger partial charge on any atom is -0.250 e. The molecule has 1 aromatic heterocycles. The number of hydrogen-bond acceptors (Lipinski definition) is 2. The van der Waals surface area contributed by atoms with Gasteiger partial charge in [-0.2, -0.15) is 0 Å². The standard InChI is InChI=1S/C24H32O2P/c1-22(2,3)15-10-11-17-18-12-16(23(4,5)6)13-19(24(7,8)9)21(18)27(25)26-20(17)14-15/h10-14H,1-9H3/q+1. The van der Waals surface area contributed by atoms with Crippen LogP contribution in [0, 0.1) is 0 Å². The Kier molecular flexibility index (Phi) is 4.59. The molecule has 0 aliphatic rings. The van der Waals surface area contributed by atoms with Crippen molar-refractivity contribution in [2.45, 2.75) is 78.6 Å². The first kappa shape index (κ1) is 20.1. The molecule has 2 nitrogen and oxygen atoms in total. The molecule has 0 bridgehead atoms. The fourth-order valence-corrected chi connectivity index (χ4v) is 4.86. The second-order valence-electron chi connectivity index (χ2n) is 10.7. The second kappa shape index (κ2) is 6.17. The number of hydrogen-bond donors (Lipinski definition) is 0. The highest BCUT2D eigenvalue weighted by molar-refractivity contribution is 7.37. The van der Waals surface area contributed by atoms with Gasteiger partial charge < -0.3 is 0 Å². The molecular formula is C24H32O2P+. The zero-order chi connectivity index (χ0) is 20.4. The van der Waals surface area contributed by atoms with Crippen LogP contribution in [0.4, 0.5) is 0 Å². The zero-order valence-electron chi connectivity index (χ0n) is 18.2. The minimum atomic E-state index is -1.93. The lowest BCUT2D eigenvalue weighted by Crippen LogP contribution is -2.16. The third-order valence-corrected chi connectivity index (χ3v) is 6.50. The maximum Gasteiger partial charge on any atom is 0.598 e. The van der Waals surface area contributed by atoms with Crippen LogP contribution >= 0.6 is 7.65 Å². The van der Waals surface area contributed by atoms with Crippen molar-refractivity contribution in [2.24, 2.45) is 0 Å². The van der Waals surface area contributed by atoms with Crippen LogP contribution in [-0.4, -0.2) is 0 Å². The van der Waals surface area contributed by atoms with E-state index in [1.165, 1.54) is 11.1 Å². The number of rotatable bonds is 0. The van der Waals surface area contributed by atoms with E-state index in [0.29, 0.717) is 0 Å². The topological polar surface area (TPSA) is 30.2 Å². The van der Waals surface area contributed by atoms with E-state index >= 15 is 0 Å². The van der Waals surface area contributed by atoms with Crippen molar-refractivity contribution in [3.8, 4) is 0 Å². The smallest absolute Gasteiger partial charge is 0.250 e. The summed E-state index contributed by atoms with van der Waals surface area (Å²) in [6.45, 7) is 19.8. The predicted octanol–water partition coefficient (Wildman–Crippen LogP) is 8.22. The van der Waals surface area contributed by atoms with Crippen molar-refractivity contribution in [1.82, 2.24) is 0 Å². The molecule has 3 rings (SSSR count). The van der Waals surface area contributed by atoms with Crippen LogP contribution in [0.15, 0.2) is 34.5 Å². The van der Waals surface area contributed by atoms with E-state index in [-0.39, 0.29) is 16.2 Å². The molecule has 3 aromatic rings. The number of benzene rings is 2. The Bertz CT molecular complexity index is 1080. The highest BCUT2D eigenvalue weighted by atomic mass is 31.1. The zero-order valence-corrected chi connectivity index (χ0v) is 19.0. The van der Waals surface area contributed by atoms with Crippen molar-refractivity contribution >= 4 is 29.1 Å². The van der Waals surface area contributed by atoms with Gasteiger partial charge in [-0.25, -0.2) is 4.20 Å². The molecular weight excluding hydrogens is 351 g/mol. The molecule has 0 spiro atoms. The van der Waals surface area contributed by atoms with Crippen LogP contribution in [0.2, 0.25) is 0 Å². The summed E-state index contributed by atoms with van der Waals surface area (Å²) < 4.78 is 19.1. The van der Waals surface area contributed by atoms with E-state index in [1.807, 2.05) is 0 Å². The summed E-state index contributed by atoms with van der Waals surface area (Å²) in [6.07, 6.45) is 0. The Labute approximate surface area is 163 Å². The van der Waals surface area contributed by atoms with Gasteiger partial charge in [0, 0.05) is 16.3 Å². The summed E-state index contributed by atoms with van der Waals surface area (Å²) >= 11 is 0. The van der Waals surface area contributed by atoms with E-state index in [1.54, 1.807) is 0 Å². The number of fused-ring (bicyclic) bond motifs is 3. The van der Waals surface area contributed by atoms with Crippen molar-refractivity contribution in [3.05, 3.63) is 47.0 Å². The lowest BCUT2D eigenvalue weighted by atomic mass is 9.79. The normalized spacial score (nSPS) is 14.2. The Balaban J connectivity index is 2.52. The van der Waals surface area contributed by atoms with Gasteiger partial charge in [0.15, 0.2) is 5.58 Å². The Morgan fingerprint density at radius 3 is 1.81 bits per heavy atom. The molecule has 1 unspecified atom stereocenters. The fourth-order valence-electron chi connectivity index (χ4n) is 3.46. The Morgan fingerprint density at radius 1 is 0.704 bits per heavy atom. The highest BCUT2D eigenvalue weighted by Crippen LogP contribution is 2.44. The van der Waals surface area contributed by atoms with Crippen LogP contribution in [-0.2, 0) is 20.8 Å². The van der Waals surface area contributed by atoms with Gasteiger partial charge in [0.05, 0.1) is 0 Å². The highest BCUT2D eigenvalue weighted by Gasteiger charge is 2.30. The average molecular weight is 383 g/mol. The van der Waals surface area contributed by atoms with Gasteiger partial charge in [-0.3, -0.25) is 0 Å². The fraction of sp³-hybridized carbons (Fsp3) is 0.500. The molecule has 0 N–H and O–H groups in total. The van der Waals surface area contributed by atoms with Crippen LogP contribution in [0.1, 0.15) is 79.0 Å². The van der Waals surface area contributed by atoms with Crippen molar-refractivity contribution < 1.29 is 8.76 Å². The van der Waals surface area contributed by atoms with Crippen LogP contribution in [0.5, 0.6) is 0 Å². The van der Waals surface area contributed by atoms with Crippen molar-refractivity contribution in [1.29, 1.82) is 0 Å². The van der Waals surface area contributed by atoms with Crippen LogP contribution < -0.4 is 0 Å². The lowest BCUT2D eigenvalue weighted by Gasteiger charge is -2.25. The van der Waals surface area contributed by atoms with Gasteiger partial charge in [-0.1, -0.05) is 74.4 Å². The molecule has 27 heavy (non-hydrogen) atoms. The monoisotopic (exact) mass is 383 g/mol. The molecule has 0 fully saturated rings. The van der Waals surface area contributed by atoms with Crippen molar-refractivity contribution in [3.63, 3.8) is 0 Å². The first-order valence-electron chi connectivity index (χ1n) is 9.69. The molecule has 0 amide bonds. The van der Waals surface area contributed by atoms with Gasteiger partial charge in [0.25, 0.3) is 0 Å². The van der Waals surface area contributed by atoms with Crippen molar-refractivity contribution in [2.75, 3.05) is 0 Å². The van der Waals surface area contributed by atoms with Gasteiger partial charge in [-0.15, -0.1) is 0 Å². The first-order valence-corrected chi connectivity index (χ1v) is 10.9. The van der Waals surface area contributed by atoms with E-state index < -0.39 is 7.65 Å². The summed E-state index contributed by atoms with van der Waals surface area (Å²) in [5.74, 6) is 0. The Morgan fingerprint density at radius 2 is 1.30 bits per heavy atom. The van der Waals surface area contributed by atoms with E-state index in [0.717, 1.165) is 27.0 Å². The summed E-state index contributed by atoms with van der Waals surface area (Å²) in [6, 6.07) is 10.8. The Hall–Kier alpha value is -1.66. The molecule has 0 saturated carbocycles. The molecule has 3 heteroatoms. The summed E-state index contributed by atoms with van der Waals surface area (Å²) in [5.41, 5.74) is 4.25.